The van der Waals surface area contributed by atoms with Gasteiger partial charge in [-0.15, -0.1) is 0 Å². The van der Waals surface area contributed by atoms with Crippen molar-refractivity contribution in [1.29, 1.82) is 0 Å². The average Bonchev–Trinajstić information content (AvgIpc) is 3.29. The Kier molecular flexibility index (Phi) is 5.15. The number of halogens is 2. The van der Waals surface area contributed by atoms with E-state index in [4.69, 9.17) is 11.6 Å². The summed E-state index contributed by atoms with van der Waals surface area (Å²) in [5.74, 6) is 0.907. The topological polar surface area (TPSA) is 88.5 Å². The molecule has 4 rings (SSSR count). The first kappa shape index (κ1) is 18.6. The molecular weight excluding hydrogens is 444 g/mol. The summed E-state index contributed by atoms with van der Waals surface area (Å²) in [5, 5.41) is 7.79. The number of benzene rings is 1. The van der Waals surface area contributed by atoms with Crippen LogP contribution in [0.4, 0.5) is 0 Å². The number of fused-ring (bicyclic) bond motifs is 1. The third-order valence-electron chi connectivity index (χ3n) is 4.15. The molecule has 0 saturated carbocycles. The first-order valence-electron chi connectivity index (χ1n) is 8.72. The standard InChI is InChI=1S/C19H16BrClN6O/c1-2-8-23-19(28)11-5-3-7-13-16(11)25-17(24-13)14-10-15(20)26-27(14)18-12(21)6-4-9-22-18/h3-7,9-10H,2,8H2,1H3,(H,23,28)(H,24,25). The summed E-state index contributed by atoms with van der Waals surface area (Å²) in [4.78, 5) is 24.7. The lowest BCUT2D eigenvalue weighted by atomic mass is 10.1. The lowest BCUT2D eigenvalue weighted by Gasteiger charge is -2.05. The largest absolute Gasteiger partial charge is 0.352 e. The summed E-state index contributed by atoms with van der Waals surface area (Å²) in [5.41, 5.74) is 2.55. The van der Waals surface area contributed by atoms with Crippen molar-refractivity contribution < 1.29 is 4.79 Å². The fourth-order valence-corrected chi connectivity index (χ4v) is 3.46. The van der Waals surface area contributed by atoms with Crippen LogP contribution in [0.3, 0.4) is 0 Å². The second kappa shape index (κ2) is 7.73. The molecule has 7 nitrogen and oxygen atoms in total. The van der Waals surface area contributed by atoms with Gasteiger partial charge < -0.3 is 10.3 Å². The maximum Gasteiger partial charge on any atom is 0.253 e. The van der Waals surface area contributed by atoms with Crippen molar-refractivity contribution in [3.05, 3.63) is 57.8 Å². The number of carbonyl (C=O) groups is 1. The van der Waals surface area contributed by atoms with Gasteiger partial charge in [-0.25, -0.2) is 14.6 Å². The second-order valence-corrected chi connectivity index (χ2v) is 7.34. The Morgan fingerprint density at radius 3 is 2.96 bits per heavy atom. The molecule has 9 heteroatoms. The zero-order valence-electron chi connectivity index (χ0n) is 14.9. The number of carbonyl (C=O) groups excluding carboxylic acids is 1. The number of imidazole rings is 1. The lowest BCUT2D eigenvalue weighted by molar-refractivity contribution is 0.0955. The molecule has 4 aromatic rings. The Labute approximate surface area is 174 Å². The molecule has 28 heavy (non-hydrogen) atoms. The van der Waals surface area contributed by atoms with Crippen molar-refractivity contribution >= 4 is 44.5 Å². The van der Waals surface area contributed by atoms with Crippen molar-refractivity contribution in [2.75, 3.05) is 6.54 Å². The Morgan fingerprint density at radius 1 is 1.32 bits per heavy atom. The fraction of sp³-hybridized carbons (Fsp3) is 0.158. The normalized spacial score (nSPS) is 11.1. The van der Waals surface area contributed by atoms with Gasteiger partial charge in [-0.05, 0) is 46.6 Å². The highest BCUT2D eigenvalue weighted by Crippen LogP contribution is 2.29. The summed E-state index contributed by atoms with van der Waals surface area (Å²) in [6.45, 7) is 2.62. The van der Waals surface area contributed by atoms with Crippen LogP contribution in [0.1, 0.15) is 23.7 Å². The Hall–Kier alpha value is -2.71. The fourth-order valence-electron chi connectivity index (χ4n) is 2.89. The first-order chi connectivity index (χ1) is 13.6. The van der Waals surface area contributed by atoms with E-state index in [2.05, 4.69) is 41.3 Å². The van der Waals surface area contributed by atoms with E-state index in [9.17, 15) is 4.79 Å². The summed E-state index contributed by atoms with van der Waals surface area (Å²) < 4.78 is 2.23. The van der Waals surface area contributed by atoms with Crippen LogP contribution in [0.2, 0.25) is 5.02 Å². The number of aromatic amines is 1. The highest BCUT2D eigenvalue weighted by atomic mass is 79.9. The molecule has 3 aromatic heterocycles. The number of para-hydroxylation sites is 1. The Bertz CT molecular complexity index is 1170. The molecule has 0 unspecified atom stereocenters. The van der Waals surface area contributed by atoms with E-state index >= 15 is 0 Å². The minimum Gasteiger partial charge on any atom is -0.352 e. The first-order valence-corrected chi connectivity index (χ1v) is 9.89. The maximum absolute atomic E-state index is 12.5. The van der Waals surface area contributed by atoms with Crippen LogP contribution in [-0.2, 0) is 0 Å². The number of nitrogens with zero attached hydrogens (tertiary/aromatic N) is 4. The quantitative estimate of drug-likeness (QED) is 0.464. The van der Waals surface area contributed by atoms with E-state index in [-0.39, 0.29) is 5.91 Å². The Morgan fingerprint density at radius 2 is 2.18 bits per heavy atom. The van der Waals surface area contributed by atoms with E-state index in [0.717, 1.165) is 11.9 Å². The zero-order valence-corrected chi connectivity index (χ0v) is 17.3. The summed E-state index contributed by atoms with van der Waals surface area (Å²) in [6.07, 6.45) is 2.51. The SMILES string of the molecule is CCCNC(=O)c1cccc2[nH]c(-c3cc(Br)nn3-c3ncccc3Cl)nc12. The van der Waals surface area contributed by atoms with E-state index < -0.39 is 0 Å². The molecule has 3 heterocycles. The Balaban J connectivity index is 1.83. The number of hydrogen-bond acceptors (Lipinski definition) is 4. The molecule has 0 radical (unpaired) electrons. The minimum atomic E-state index is -0.145. The van der Waals surface area contributed by atoms with E-state index in [1.54, 1.807) is 29.1 Å². The van der Waals surface area contributed by atoms with Crippen LogP contribution >= 0.6 is 27.5 Å². The smallest absolute Gasteiger partial charge is 0.253 e. The molecule has 0 saturated heterocycles. The number of nitrogens with one attached hydrogen (secondary N) is 2. The molecule has 0 bridgehead atoms. The number of rotatable bonds is 5. The van der Waals surface area contributed by atoms with Gasteiger partial charge in [0, 0.05) is 18.8 Å². The van der Waals surface area contributed by atoms with Gasteiger partial charge in [-0.3, -0.25) is 4.79 Å². The van der Waals surface area contributed by atoms with E-state index in [1.165, 1.54) is 0 Å². The predicted octanol–water partition coefficient (Wildman–Crippen LogP) is 4.37. The molecule has 0 aliphatic heterocycles. The van der Waals surface area contributed by atoms with Gasteiger partial charge in [-0.1, -0.05) is 24.6 Å². The van der Waals surface area contributed by atoms with Crippen molar-refractivity contribution in [3.63, 3.8) is 0 Å². The lowest BCUT2D eigenvalue weighted by Crippen LogP contribution is -2.24. The summed E-state index contributed by atoms with van der Waals surface area (Å²) in [6, 6.07) is 10.8. The molecule has 0 fully saturated rings. The molecule has 0 spiro atoms. The van der Waals surface area contributed by atoms with Gasteiger partial charge in [0.15, 0.2) is 11.6 Å². The van der Waals surface area contributed by atoms with Gasteiger partial charge in [0.05, 0.1) is 16.1 Å². The maximum atomic E-state index is 12.5. The summed E-state index contributed by atoms with van der Waals surface area (Å²) in [7, 11) is 0. The zero-order chi connectivity index (χ0) is 19.7. The third-order valence-corrected chi connectivity index (χ3v) is 4.84. The van der Waals surface area contributed by atoms with Gasteiger partial charge >= 0.3 is 0 Å². The third kappa shape index (κ3) is 3.41. The number of aromatic nitrogens is 5. The monoisotopic (exact) mass is 458 g/mol. The van der Waals surface area contributed by atoms with Gasteiger partial charge in [0.25, 0.3) is 5.91 Å². The van der Waals surface area contributed by atoms with Crippen LogP contribution < -0.4 is 5.32 Å². The average molecular weight is 460 g/mol. The molecule has 2 N–H and O–H groups in total. The second-order valence-electron chi connectivity index (χ2n) is 6.12. The number of amides is 1. The number of H-pyrrole nitrogens is 1. The van der Waals surface area contributed by atoms with Gasteiger partial charge in [0.2, 0.25) is 0 Å². The predicted molar refractivity (Wildman–Crippen MR) is 112 cm³/mol. The molecular formula is C19H16BrClN6O. The van der Waals surface area contributed by atoms with Crippen molar-refractivity contribution in [2.24, 2.45) is 0 Å². The molecule has 1 aromatic carbocycles. The van der Waals surface area contributed by atoms with Crippen LogP contribution in [0, 0.1) is 0 Å². The van der Waals surface area contributed by atoms with Gasteiger partial charge in [0.1, 0.15) is 15.8 Å². The van der Waals surface area contributed by atoms with E-state index in [1.807, 2.05) is 25.1 Å². The number of hydrogen-bond donors (Lipinski definition) is 2. The molecule has 0 aliphatic rings. The number of pyridine rings is 1. The minimum absolute atomic E-state index is 0.145. The highest BCUT2D eigenvalue weighted by Gasteiger charge is 2.19. The highest BCUT2D eigenvalue weighted by molar-refractivity contribution is 9.10. The summed E-state index contributed by atoms with van der Waals surface area (Å²) >= 11 is 9.70. The van der Waals surface area contributed by atoms with Gasteiger partial charge in [-0.2, -0.15) is 5.10 Å². The van der Waals surface area contributed by atoms with E-state index in [0.29, 0.717) is 44.6 Å². The van der Waals surface area contributed by atoms with Crippen LogP contribution in [-0.4, -0.2) is 37.2 Å². The molecule has 0 aliphatic carbocycles. The molecule has 142 valence electrons. The van der Waals surface area contributed by atoms with Crippen LogP contribution in [0.25, 0.3) is 28.4 Å². The van der Waals surface area contributed by atoms with Crippen LogP contribution in [0.15, 0.2) is 47.2 Å². The molecule has 0 atom stereocenters. The van der Waals surface area contributed by atoms with Crippen LogP contribution in [0.5, 0.6) is 0 Å². The van der Waals surface area contributed by atoms with Crippen molar-refractivity contribution in [2.45, 2.75) is 13.3 Å². The van der Waals surface area contributed by atoms with Crippen molar-refractivity contribution in [1.82, 2.24) is 30.0 Å². The van der Waals surface area contributed by atoms with Crippen molar-refractivity contribution in [3.8, 4) is 17.3 Å². The molecule has 1 amide bonds.